The van der Waals surface area contributed by atoms with Gasteiger partial charge in [-0.05, 0) is 25.5 Å². The van der Waals surface area contributed by atoms with Crippen LogP contribution in [0.2, 0.25) is 0 Å². The van der Waals surface area contributed by atoms with Crippen LogP contribution in [0.1, 0.15) is 12.0 Å². The maximum Gasteiger partial charge on any atom is 0.0903 e. The number of rotatable bonds is 3. The van der Waals surface area contributed by atoms with E-state index in [2.05, 4.69) is 17.0 Å². The molecule has 1 N–H and O–H groups in total. The van der Waals surface area contributed by atoms with Crippen LogP contribution in [0.4, 0.5) is 0 Å². The van der Waals surface area contributed by atoms with Gasteiger partial charge in [0.1, 0.15) is 0 Å². The molecule has 1 aliphatic heterocycles. The second-order valence-electron chi connectivity index (χ2n) is 4.38. The zero-order chi connectivity index (χ0) is 10.0. The molecule has 0 spiro atoms. The zero-order valence-corrected chi connectivity index (χ0v) is 8.61. The van der Waals surface area contributed by atoms with Gasteiger partial charge in [0.05, 0.1) is 5.60 Å². The van der Waals surface area contributed by atoms with E-state index in [0.29, 0.717) is 0 Å². The number of aryl methyl sites for hydroxylation is 1. The first-order valence-corrected chi connectivity index (χ1v) is 5.13. The van der Waals surface area contributed by atoms with Crippen LogP contribution in [-0.2, 0) is 6.42 Å². The van der Waals surface area contributed by atoms with Crippen molar-refractivity contribution in [2.24, 2.45) is 0 Å². The van der Waals surface area contributed by atoms with Crippen molar-refractivity contribution in [3.63, 3.8) is 0 Å². The van der Waals surface area contributed by atoms with E-state index >= 15 is 0 Å². The molecule has 2 heteroatoms. The average Bonchev–Trinajstić information content (AvgIpc) is 2.15. The molecule has 0 unspecified atom stereocenters. The van der Waals surface area contributed by atoms with Gasteiger partial charge in [0, 0.05) is 13.1 Å². The molecule has 1 saturated heterocycles. The predicted molar refractivity (Wildman–Crippen MR) is 57.2 cm³/mol. The molecule has 0 radical (unpaired) electrons. The van der Waals surface area contributed by atoms with E-state index in [9.17, 15) is 5.11 Å². The largest absolute Gasteiger partial charge is 0.387 e. The number of benzene rings is 1. The maximum atomic E-state index is 10.0. The van der Waals surface area contributed by atoms with Gasteiger partial charge in [0.25, 0.3) is 0 Å². The van der Waals surface area contributed by atoms with E-state index in [-0.39, 0.29) is 0 Å². The number of nitrogens with zero attached hydrogens (tertiary/aromatic N) is 1. The van der Waals surface area contributed by atoms with Gasteiger partial charge in [-0.3, -0.25) is 0 Å². The standard InChI is InChI=1S/C12H17NO/c1-13-9-12(14,10-13)8-7-11-5-3-2-4-6-11/h2-6,14H,7-10H2,1H3. The highest BCUT2D eigenvalue weighted by atomic mass is 16.3. The third-order valence-corrected chi connectivity index (χ3v) is 2.85. The van der Waals surface area contributed by atoms with Crippen LogP contribution in [0.5, 0.6) is 0 Å². The lowest BCUT2D eigenvalue weighted by molar-refractivity contribution is -0.0906. The second kappa shape index (κ2) is 3.71. The first kappa shape index (κ1) is 9.69. The fraction of sp³-hybridized carbons (Fsp3) is 0.500. The number of hydrogen-bond acceptors (Lipinski definition) is 2. The van der Waals surface area contributed by atoms with Gasteiger partial charge in [0.2, 0.25) is 0 Å². The summed E-state index contributed by atoms with van der Waals surface area (Å²) in [5.41, 5.74) is 0.889. The third kappa shape index (κ3) is 2.14. The summed E-state index contributed by atoms with van der Waals surface area (Å²) < 4.78 is 0. The molecule has 14 heavy (non-hydrogen) atoms. The highest BCUT2D eigenvalue weighted by molar-refractivity contribution is 5.15. The minimum absolute atomic E-state index is 0.426. The Balaban J connectivity index is 1.83. The van der Waals surface area contributed by atoms with Gasteiger partial charge in [-0.15, -0.1) is 0 Å². The maximum absolute atomic E-state index is 10.0. The Morgan fingerprint density at radius 3 is 2.50 bits per heavy atom. The lowest BCUT2D eigenvalue weighted by atomic mass is 9.88. The van der Waals surface area contributed by atoms with E-state index < -0.39 is 5.60 Å². The highest BCUT2D eigenvalue weighted by Gasteiger charge is 2.38. The van der Waals surface area contributed by atoms with Gasteiger partial charge >= 0.3 is 0 Å². The molecule has 1 aromatic carbocycles. The number of β-amino-alcohol motifs (C(OH)–C–C–N with tert-alkyl or cyclic N) is 1. The fourth-order valence-corrected chi connectivity index (χ4v) is 2.14. The molecular formula is C12H17NO. The van der Waals surface area contributed by atoms with E-state index in [1.165, 1.54) is 5.56 Å². The van der Waals surface area contributed by atoms with E-state index in [1.54, 1.807) is 0 Å². The molecule has 2 nitrogen and oxygen atoms in total. The molecule has 2 rings (SSSR count). The smallest absolute Gasteiger partial charge is 0.0903 e. The first-order chi connectivity index (χ1) is 6.68. The van der Waals surface area contributed by atoms with Crippen molar-refractivity contribution >= 4 is 0 Å². The Morgan fingerprint density at radius 1 is 1.29 bits per heavy atom. The number of hydrogen-bond donors (Lipinski definition) is 1. The van der Waals surface area contributed by atoms with Crippen molar-refractivity contribution in [1.29, 1.82) is 0 Å². The summed E-state index contributed by atoms with van der Waals surface area (Å²) in [7, 11) is 2.04. The Kier molecular flexibility index (Phi) is 2.57. The molecule has 0 amide bonds. The van der Waals surface area contributed by atoms with Crippen LogP contribution in [0.3, 0.4) is 0 Å². The van der Waals surface area contributed by atoms with E-state index in [1.807, 2.05) is 25.2 Å². The fourth-order valence-electron chi connectivity index (χ4n) is 2.14. The Labute approximate surface area is 85.2 Å². The van der Waals surface area contributed by atoms with Crippen molar-refractivity contribution in [2.75, 3.05) is 20.1 Å². The molecule has 1 fully saturated rings. The van der Waals surface area contributed by atoms with Crippen LogP contribution >= 0.6 is 0 Å². The molecular weight excluding hydrogens is 174 g/mol. The normalized spacial score (nSPS) is 20.4. The topological polar surface area (TPSA) is 23.5 Å². The van der Waals surface area contributed by atoms with Gasteiger partial charge in [-0.1, -0.05) is 30.3 Å². The highest BCUT2D eigenvalue weighted by Crippen LogP contribution is 2.24. The molecule has 1 heterocycles. The van der Waals surface area contributed by atoms with E-state index in [0.717, 1.165) is 25.9 Å². The van der Waals surface area contributed by atoms with Crippen LogP contribution < -0.4 is 0 Å². The average molecular weight is 191 g/mol. The van der Waals surface area contributed by atoms with Gasteiger partial charge in [0.15, 0.2) is 0 Å². The summed E-state index contributed by atoms with van der Waals surface area (Å²) in [4.78, 5) is 2.14. The molecule has 0 aliphatic carbocycles. The Hall–Kier alpha value is -0.860. The Morgan fingerprint density at radius 2 is 1.93 bits per heavy atom. The van der Waals surface area contributed by atoms with E-state index in [4.69, 9.17) is 0 Å². The molecule has 76 valence electrons. The lowest BCUT2D eigenvalue weighted by Crippen LogP contribution is -2.60. The SMILES string of the molecule is CN1CC(O)(CCc2ccccc2)C1. The summed E-state index contributed by atoms with van der Waals surface area (Å²) in [6, 6.07) is 10.4. The van der Waals surface area contributed by atoms with Crippen molar-refractivity contribution in [3.8, 4) is 0 Å². The summed E-state index contributed by atoms with van der Waals surface area (Å²) in [6.07, 6.45) is 1.85. The van der Waals surface area contributed by atoms with Crippen molar-refractivity contribution < 1.29 is 5.11 Å². The molecule has 0 aromatic heterocycles. The second-order valence-corrected chi connectivity index (χ2v) is 4.38. The summed E-state index contributed by atoms with van der Waals surface area (Å²) >= 11 is 0. The summed E-state index contributed by atoms with van der Waals surface area (Å²) in [5.74, 6) is 0. The summed E-state index contributed by atoms with van der Waals surface area (Å²) in [6.45, 7) is 1.64. The van der Waals surface area contributed by atoms with Crippen LogP contribution in [0.15, 0.2) is 30.3 Å². The molecule has 0 bridgehead atoms. The zero-order valence-electron chi connectivity index (χ0n) is 8.61. The summed E-state index contributed by atoms with van der Waals surface area (Å²) in [5, 5.41) is 10.0. The van der Waals surface area contributed by atoms with Gasteiger partial charge in [-0.25, -0.2) is 0 Å². The van der Waals surface area contributed by atoms with Crippen molar-refractivity contribution in [1.82, 2.24) is 4.90 Å². The molecule has 1 aliphatic rings. The third-order valence-electron chi connectivity index (χ3n) is 2.85. The Bertz CT molecular complexity index is 290. The van der Waals surface area contributed by atoms with Crippen LogP contribution in [0.25, 0.3) is 0 Å². The predicted octanol–water partition coefficient (Wildman–Crippen LogP) is 1.30. The molecule has 0 saturated carbocycles. The number of likely N-dealkylation sites (N-methyl/N-ethyl adjacent to an activating group) is 1. The first-order valence-electron chi connectivity index (χ1n) is 5.13. The van der Waals surface area contributed by atoms with Crippen LogP contribution in [-0.4, -0.2) is 35.7 Å². The minimum atomic E-state index is -0.426. The number of likely N-dealkylation sites (tertiary alicyclic amines) is 1. The van der Waals surface area contributed by atoms with Crippen LogP contribution in [0, 0.1) is 0 Å². The monoisotopic (exact) mass is 191 g/mol. The van der Waals surface area contributed by atoms with Crippen molar-refractivity contribution in [2.45, 2.75) is 18.4 Å². The van der Waals surface area contributed by atoms with Gasteiger partial charge < -0.3 is 10.0 Å². The molecule has 1 aromatic rings. The quantitative estimate of drug-likeness (QED) is 0.778. The minimum Gasteiger partial charge on any atom is -0.387 e. The lowest BCUT2D eigenvalue weighted by Gasteiger charge is -2.44. The van der Waals surface area contributed by atoms with Crippen molar-refractivity contribution in [3.05, 3.63) is 35.9 Å². The molecule has 0 atom stereocenters. The number of aliphatic hydroxyl groups is 1. The van der Waals surface area contributed by atoms with Gasteiger partial charge in [-0.2, -0.15) is 0 Å².